The van der Waals surface area contributed by atoms with E-state index in [0.717, 1.165) is 16.8 Å². The highest BCUT2D eigenvalue weighted by Gasteiger charge is 2.12. The number of hydrogen-bond acceptors (Lipinski definition) is 4. The predicted molar refractivity (Wildman–Crippen MR) is 102 cm³/mol. The molecule has 1 heterocycles. The number of halogens is 2. The van der Waals surface area contributed by atoms with Gasteiger partial charge in [-0.25, -0.2) is 4.79 Å². The topological polar surface area (TPSA) is 73.6 Å². The summed E-state index contributed by atoms with van der Waals surface area (Å²) in [6.07, 6.45) is -1.41. The molecular weight excluding hydrogens is 391 g/mol. The Hall–Kier alpha value is -2.70. The largest absolute Gasteiger partial charge is 0.512 e. The summed E-state index contributed by atoms with van der Waals surface area (Å²) in [6, 6.07) is 14.3. The van der Waals surface area contributed by atoms with Crippen molar-refractivity contribution in [2.45, 2.75) is 20.1 Å². The van der Waals surface area contributed by atoms with E-state index in [0.29, 0.717) is 28.9 Å². The van der Waals surface area contributed by atoms with E-state index in [1.165, 1.54) is 0 Å². The van der Waals surface area contributed by atoms with Gasteiger partial charge in [0.1, 0.15) is 12.4 Å². The molecule has 140 valence electrons. The van der Waals surface area contributed by atoms with E-state index in [-0.39, 0.29) is 5.88 Å². The van der Waals surface area contributed by atoms with E-state index < -0.39 is 6.16 Å². The zero-order chi connectivity index (χ0) is 19.4. The number of aryl methyl sites for hydroxylation is 1. The molecule has 2 aromatic carbocycles. The number of carboxylic acid groups (broad SMARTS) is 1. The van der Waals surface area contributed by atoms with Gasteiger partial charge >= 0.3 is 6.16 Å². The molecule has 0 saturated carbocycles. The Morgan fingerprint density at radius 1 is 1.11 bits per heavy atom. The van der Waals surface area contributed by atoms with E-state index >= 15 is 0 Å². The van der Waals surface area contributed by atoms with Crippen LogP contribution in [-0.2, 0) is 13.2 Å². The van der Waals surface area contributed by atoms with Crippen LogP contribution in [0.1, 0.15) is 16.8 Å². The molecule has 0 fully saturated rings. The van der Waals surface area contributed by atoms with Gasteiger partial charge in [0.2, 0.25) is 5.88 Å². The maximum absolute atomic E-state index is 10.7. The standard InChI is InChI=1S/C19H16Cl2N2O4/c1-12-8-18(27-19(24)25)22-23(12)10-14-9-16(21)6-7-17(14)26-11-13-2-4-15(20)5-3-13/h2-9H,10-11H2,1H3,(H,24,25). The van der Waals surface area contributed by atoms with Gasteiger partial charge in [0, 0.05) is 27.4 Å². The quantitative estimate of drug-likeness (QED) is 0.570. The Balaban J connectivity index is 1.78. The first-order valence-corrected chi connectivity index (χ1v) is 8.77. The first-order chi connectivity index (χ1) is 12.9. The Bertz CT molecular complexity index is 955. The van der Waals surface area contributed by atoms with Crippen LogP contribution >= 0.6 is 23.2 Å². The number of hydrogen-bond donors (Lipinski definition) is 1. The lowest BCUT2D eigenvalue weighted by Crippen LogP contribution is -2.08. The molecule has 3 rings (SSSR count). The molecule has 0 amide bonds. The maximum atomic E-state index is 10.7. The summed E-state index contributed by atoms with van der Waals surface area (Å²) in [7, 11) is 0. The van der Waals surface area contributed by atoms with Crippen molar-refractivity contribution in [2.75, 3.05) is 0 Å². The fourth-order valence-electron chi connectivity index (χ4n) is 2.49. The van der Waals surface area contributed by atoms with Crippen LogP contribution < -0.4 is 9.47 Å². The van der Waals surface area contributed by atoms with Crippen LogP contribution in [0.15, 0.2) is 48.5 Å². The minimum atomic E-state index is -1.41. The van der Waals surface area contributed by atoms with Crippen molar-refractivity contribution < 1.29 is 19.4 Å². The number of carbonyl (C=O) groups is 1. The average molecular weight is 407 g/mol. The summed E-state index contributed by atoms with van der Waals surface area (Å²) in [5.41, 5.74) is 2.53. The van der Waals surface area contributed by atoms with Gasteiger partial charge in [0.15, 0.2) is 0 Å². The molecule has 0 atom stereocenters. The molecule has 3 aromatic rings. The summed E-state index contributed by atoms with van der Waals surface area (Å²) < 4.78 is 12.2. The van der Waals surface area contributed by atoms with Gasteiger partial charge in [-0.15, -0.1) is 5.10 Å². The number of ether oxygens (including phenoxy) is 2. The van der Waals surface area contributed by atoms with Gasteiger partial charge < -0.3 is 14.6 Å². The summed E-state index contributed by atoms with van der Waals surface area (Å²) in [5.74, 6) is 0.676. The van der Waals surface area contributed by atoms with E-state index in [1.54, 1.807) is 48.0 Å². The molecule has 0 bridgehead atoms. The second kappa shape index (κ2) is 8.33. The number of nitrogens with zero attached hydrogens (tertiary/aromatic N) is 2. The molecule has 0 aliphatic heterocycles. The van der Waals surface area contributed by atoms with Crippen molar-refractivity contribution in [3.05, 3.63) is 75.4 Å². The Kier molecular flexibility index (Phi) is 5.88. The second-order valence-electron chi connectivity index (χ2n) is 5.82. The number of rotatable bonds is 6. The second-order valence-corrected chi connectivity index (χ2v) is 6.69. The smallest absolute Gasteiger partial charge is 0.489 e. The average Bonchev–Trinajstić information content (AvgIpc) is 2.94. The van der Waals surface area contributed by atoms with Crippen molar-refractivity contribution in [1.29, 1.82) is 0 Å². The third-order valence-corrected chi connectivity index (χ3v) is 4.29. The number of benzene rings is 2. The van der Waals surface area contributed by atoms with E-state index in [2.05, 4.69) is 9.84 Å². The molecule has 0 unspecified atom stereocenters. The van der Waals surface area contributed by atoms with Crippen molar-refractivity contribution in [3.63, 3.8) is 0 Å². The first-order valence-electron chi connectivity index (χ1n) is 8.01. The summed E-state index contributed by atoms with van der Waals surface area (Å²) in [6.45, 7) is 2.53. The molecule has 0 aliphatic rings. The first kappa shape index (κ1) is 19.1. The Labute approximate surface area is 165 Å². The van der Waals surface area contributed by atoms with Crippen LogP contribution in [0.3, 0.4) is 0 Å². The van der Waals surface area contributed by atoms with Crippen LogP contribution in [0.25, 0.3) is 0 Å². The zero-order valence-electron chi connectivity index (χ0n) is 14.4. The molecule has 8 heteroatoms. The fraction of sp³-hybridized carbons (Fsp3) is 0.158. The monoisotopic (exact) mass is 406 g/mol. The summed E-state index contributed by atoms with van der Waals surface area (Å²) in [5, 5.41) is 14.1. The minimum absolute atomic E-state index is 0.0191. The van der Waals surface area contributed by atoms with Crippen LogP contribution in [-0.4, -0.2) is 21.0 Å². The van der Waals surface area contributed by atoms with E-state index in [9.17, 15) is 4.79 Å². The predicted octanol–water partition coefficient (Wildman–Crippen LogP) is 5.18. The van der Waals surface area contributed by atoms with Gasteiger partial charge in [-0.2, -0.15) is 0 Å². The molecule has 27 heavy (non-hydrogen) atoms. The third kappa shape index (κ3) is 5.15. The molecular formula is C19H16Cl2N2O4. The van der Waals surface area contributed by atoms with Crippen LogP contribution in [0.4, 0.5) is 4.79 Å². The summed E-state index contributed by atoms with van der Waals surface area (Å²) >= 11 is 12.0. The van der Waals surface area contributed by atoms with Crippen molar-refractivity contribution in [1.82, 2.24) is 9.78 Å². The lowest BCUT2D eigenvalue weighted by molar-refractivity contribution is 0.142. The Morgan fingerprint density at radius 3 is 2.52 bits per heavy atom. The molecule has 0 saturated heterocycles. The van der Waals surface area contributed by atoms with Crippen molar-refractivity contribution >= 4 is 29.4 Å². The third-order valence-electron chi connectivity index (χ3n) is 3.80. The van der Waals surface area contributed by atoms with Gasteiger partial charge in [0.05, 0.1) is 6.54 Å². The highest BCUT2D eigenvalue weighted by atomic mass is 35.5. The van der Waals surface area contributed by atoms with Crippen LogP contribution in [0.2, 0.25) is 10.0 Å². The zero-order valence-corrected chi connectivity index (χ0v) is 15.9. The van der Waals surface area contributed by atoms with Crippen molar-refractivity contribution in [2.24, 2.45) is 0 Å². The molecule has 1 N–H and O–H groups in total. The highest BCUT2D eigenvalue weighted by molar-refractivity contribution is 6.30. The van der Waals surface area contributed by atoms with Crippen LogP contribution in [0, 0.1) is 6.92 Å². The molecule has 6 nitrogen and oxygen atoms in total. The lowest BCUT2D eigenvalue weighted by atomic mass is 10.2. The summed E-state index contributed by atoms with van der Waals surface area (Å²) in [4.78, 5) is 10.7. The van der Waals surface area contributed by atoms with Crippen LogP contribution in [0.5, 0.6) is 11.6 Å². The van der Waals surface area contributed by atoms with Gasteiger partial charge in [-0.1, -0.05) is 35.3 Å². The molecule has 0 spiro atoms. The lowest BCUT2D eigenvalue weighted by Gasteiger charge is -2.13. The normalized spacial score (nSPS) is 10.6. The SMILES string of the molecule is Cc1cc(OC(=O)O)nn1Cc1cc(Cl)ccc1OCc1ccc(Cl)cc1. The molecule has 1 aromatic heterocycles. The van der Waals surface area contributed by atoms with Crippen molar-refractivity contribution in [3.8, 4) is 11.6 Å². The molecule has 0 radical (unpaired) electrons. The minimum Gasteiger partial charge on any atom is -0.489 e. The van der Waals surface area contributed by atoms with Gasteiger partial charge in [-0.05, 0) is 42.8 Å². The van der Waals surface area contributed by atoms with Gasteiger partial charge in [0.25, 0.3) is 0 Å². The molecule has 0 aliphatic carbocycles. The van der Waals surface area contributed by atoms with E-state index in [1.807, 2.05) is 12.1 Å². The van der Waals surface area contributed by atoms with E-state index in [4.69, 9.17) is 33.0 Å². The Morgan fingerprint density at radius 2 is 1.81 bits per heavy atom. The fourth-order valence-corrected chi connectivity index (χ4v) is 2.82. The maximum Gasteiger partial charge on any atom is 0.512 e. The highest BCUT2D eigenvalue weighted by Crippen LogP contribution is 2.26. The van der Waals surface area contributed by atoms with Gasteiger partial charge in [-0.3, -0.25) is 4.68 Å². The number of aromatic nitrogens is 2.